The molecule has 0 heterocycles. The molecule has 98 valence electrons. The van der Waals surface area contributed by atoms with Gasteiger partial charge in [-0.2, -0.15) is 0 Å². The Labute approximate surface area is 105 Å². The zero-order valence-electron chi connectivity index (χ0n) is 11.4. The number of hydrogen-bond donors (Lipinski definition) is 2. The van der Waals surface area contributed by atoms with Gasteiger partial charge in [0.05, 0.1) is 12.2 Å². The van der Waals surface area contributed by atoms with Crippen molar-refractivity contribution in [2.24, 2.45) is 17.3 Å². The largest absolute Gasteiger partial charge is 0.393 e. The molecule has 2 nitrogen and oxygen atoms in total. The molecule has 0 saturated heterocycles. The van der Waals surface area contributed by atoms with E-state index in [2.05, 4.69) is 19.9 Å². The first kappa shape index (κ1) is 13.1. The van der Waals surface area contributed by atoms with Crippen molar-refractivity contribution in [3.05, 3.63) is 11.6 Å². The Morgan fingerprint density at radius 3 is 2.71 bits per heavy atom. The van der Waals surface area contributed by atoms with Crippen LogP contribution >= 0.6 is 0 Å². The van der Waals surface area contributed by atoms with Crippen molar-refractivity contribution >= 4 is 0 Å². The SMILES string of the molecule is CC1=CCC2(CC1)C(C)CCC2C(C)(O)CO. The Morgan fingerprint density at radius 1 is 1.47 bits per heavy atom. The standard InChI is InChI=1S/C15H26O2/c1-11-6-8-15(9-7-11)12(2)4-5-13(15)14(3,17)10-16/h6,12-13,16-17H,4-5,7-10H2,1-3H3. The fourth-order valence-electron chi connectivity index (χ4n) is 4.14. The maximum Gasteiger partial charge on any atom is 0.0882 e. The maximum absolute atomic E-state index is 10.5. The molecule has 0 radical (unpaired) electrons. The lowest BCUT2D eigenvalue weighted by Gasteiger charge is -2.46. The average molecular weight is 238 g/mol. The predicted octanol–water partition coefficient (Wildman–Crippen LogP) is 2.89. The van der Waals surface area contributed by atoms with Crippen LogP contribution in [0.4, 0.5) is 0 Å². The van der Waals surface area contributed by atoms with Crippen molar-refractivity contribution in [1.29, 1.82) is 0 Å². The third-order valence-electron chi connectivity index (χ3n) is 5.45. The number of hydrogen-bond acceptors (Lipinski definition) is 2. The van der Waals surface area contributed by atoms with E-state index in [1.165, 1.54) is 18.4 Å². The van der Waals surface area contributed by atoms with E-state index >= 15 is 0 Å². The Bertz CT molecular complexity index is 319. The quantitative estimate of drug-likeness (QED) is 0.726. The van der Waals surface area contributed by atoms with Gasteiger partial charge >= 0.3 is 0 Å². The van der Waals surface area contributed by atoms with E-state index in [4.69, 9.17) is 0 Å². The molecule has 0 aliphatic heterocycles. The van der Waals surface area contributed by atoms with Gasteiger partial charge in [-0.05, 0) is 63.2 Å². The molecule has 0 aromatic heterocycles. The summed E-state index contributed by atoms with van der Waals surface area (Å²) in [6.45, 7) is 6.21. The molecular weight excluding hydrogens is 212 g/mol. The number of aliphatic hydroxyl groups excluding tert-OH is 1. The molecule has 2 rings (SSSR count). The topological polar surface area (TPSA) is 40.5 Å². The van der Waals surface area contributed by atoms with Gasteiger partial charge in [-0.3, -0.25) is 0 Å². The second-order valence-electron chi connectivity index (χ2n) is 6.53. The van der Waals surface area contributed by atoms with Gasteiger partial charge in [0.1, 0.15) is 0 Å². The molecule has 1 fully saturated rings. The minimum atomic E-state index is -0.913. The number of allylic oxidation sites excluding steroid dienone is 2. The lowest BCUT2D eigenvalue weighted by molar-refractivity contribution is -0.0937. The van der Waals surface area contributed by atoms with Gasteiger partial charge < -0.3 is 10.2 Å². The molecular formula is C15H26O2. The first-order valence-electron chi connectivity index (χ1n) is 6.91. The van der Waals surface area contributed by atoms with Crippen LogP contribution < -0.4 is 0 Å². The molecule has 2 aliphatic carbocycles. The van der Waals surface area contributed by atoms with Crippen LogP contribution in [0.25, 0.3) is 0 Å². The van der Waals surface area contributed by atoms with Crippen molar-refractivity contribution < 1.29 is 10.2 Å². The van der Waals surface area contributed by atoms with Gasteiger partial charge in [0.15, 0.2) is 0 Å². The van der Waals surface area contributed by atoms with Gasteiger partial charge in [0.2, 0.25) is 0 Å². The van der Waals surface area contributed by atoms with Crippen LogP contribution in [0.3, 0.4) is 0 Å². The molecule has 0 aromatic carbocycles. The Balaban J connectivity index is 2.29. The van der Waals surface area contributed by atoms with E-state index < -0.39 is 5.60 Å². The summed E-state index contributed by atoms with van der Waals surface area (Å²) >= 11 is 0. The molecule has 4 unspecified atom stereocenters. The first-order chi connectivity index (χ1) is 7.92. The van der Waals surface area contributed by atoms with E-state index in [1.807, 2.05) is 6.92 Å². The minimum Gasteiger partial charge on any atom is -0.393 e. The lowest BCUT2D eigenvalue weighted by Crippen LogP contribution is -2.47. The van der Waals surface area contributed by atoms with Gasteiger partial charge in [0.25, 0.3) is 0 Å². The normalized spacial score (nSPS) is 41.4. The zero-order chi connectivity index (χ0) is 12.7. The van der Waals surface area contributed by atoms with Gasteiger partial charge in [-0.1, -0.05) is 18.6 Å². The smallest absolute Gasteiger partial charge is 0.0882 e. The summed E-state index contributed by atoms with van der Waals surface area (Å²) in [6, 6.07) is 0. The third kappa shape index (κ3) is 2.06. The van der Waals surface area contributed by atoms with Crippen molar-refractivity contribution in [2.45, 2.75) is 58.5 Å². The van der Waals surface area contributed by atoms with Crippen LogP contribution in [0, 0.1) is 17.3 Å². The third-order valence-corrected chi connectivity index (χ3v) is 5.45. The molecule has 2 heteroatoms. The molecule has 0 amide bonds. The average Bonchev–Trinajstić information content (AvgIpc) is 2.62. The van der Waals surface area contributed by atoms with Crippen molar-refractivity contribution in [2.75, 3.05) is 6.61 Å². The lowest BCUT2D eigenvalue weighted by atomic mass is 9.60. The molecule has 2 N–H and O–H groups in total. The summed E-state index contributed by atoms with van der Waals surface area (Å²) < 4.78 is 0. The van der Waals surface area contributed by atoms with Crippen molar-refractivity contribution in [3.8, 4) is 0 Å². The highest BCUT2D eigenvalue weighted by Gasteiger charge is 2.53. The van der Waals surface area contributed by atoms with Crippen LogP contribution in [-0.2, 0) is 0 Å². The predicted molar refractivity (Wildman–Crippen MR) is 69.6 cm³/mol. The summed E-state index contributed by atoms with van der Waals surface area (Å²) in [6.07, 6.45) is 8.02. The molecule has 4 atom stereocenters. The highest BCUT2D eigenvalue weighted by Crippen LogP contribution is 2.58. The van der Waals surface area contributed by atoms with Crippen LogP contribution in [0.1, 0.15) is 52.9 Å². The minimum absolute atomic E-state index is 0.116. The second kappa shape index (κ2) is 4.40. The second-order valence-corrected chi connectivity index (χ2v) is 6.53. The fourth-order valence-corrected chi connectivity index (χ4v) is 4.14. The highest BCUT2D eigenvalue weighted by molar-refractivity contribution is 5.14. The summed E-state index contributed by atoms with van der Waals surface area (Å²) in [5, 5.41) is 19.9. The van der Waals surface area contributed by atoms with Gasteiger partial charge in [-0.25, -0.2) is 0 Å². The Kier molecular flexibility index (Phi) is 3.39. The summed E-state index contributed by atoms with van der Waals surface area (Å²) in [5.74, 6) is 0.911. The maximum atomic E-state index is 10.5. The van der Waals surface area contributed by atoms with Crippen LogP contribution in [-0.4, -0.2) is 22.4 Å². The monoisotopic (exact) mass is 238 g/mol. The molecule has 2 aliphatic rings. The molecule has 1 spiro atoms. The summed E-state index contributed by atoms with van der Waals surface area (Å²) in [5.41, 5.74) is 0.799. The summed E-state index contributed by atoms with van der Waals surface area (Å²) in [7, 11) is 0. The van der Waals surface area contributed by atoms with Crippen LogP contribution in [0.5, 0.6) is 0 Å². The molecule has 0 aromatic rings. The van der Waals surface area contributed by atoms with Crippen molar-refractivity contribution in [1.82, 2.24) is 0 Å². The van der Waals surface area contributed by atoms with E-state index in [0.717, 1.165) is 19.3 Å². The van der Waals surface area contributed by atoms with Gasteiger partial charge in [-0.15, -0.1) is 0 Å². The molecule has 1 saturated carbocycles. The van der Waals surface area contributed by atoms with E-state index in [-0.39, 0.29) is 17.9 Å². The molecule has 17 heavy (non-hydrogen) atoms. The van der Waals surface area contributed by atoms with Crippen LogP contribution in [0.15, 0.2) is 11.6 Å². The first-order valence-corrected chi connectivity index (χ1v) is 6.91. The van der Waals surface area contributed by atoms with Gasteiger partial charge in [0, 0.05) is 0 Å². The summed E-state index contributed by atoms with van der Waals surface area (Å²) in [4.78, 5) is 0. The number of aliphatic hydroxyl groups is 2. The Morgan fingerprint density at radius 2 is 2.18 bits per heavy atom. The van der Waals surface area contributed by atoms with Crippen molar-refractivity contribution in [3.63, 3.8) is 0 Å². The van der Waals surface area contributed by atoms with E-state index in [0.29, 0.717) is 5.92 Å². The zero-order valence-corrected chi connectivity index (χ0v) is 11.4. The highest BCUT2D eigenvalue weighted by atomic mass is 16.3. The van der Waals surface area contributed by atoms with E-state index in [1.54, 1.807) is 0 Å². The Hall–Kier alpha value is -0.340. The fraction of sp³-hybridized carbons (Fsp3) is 0.867. The van der Waals surface area contributed by atoms with Crippen LogP contribution in [0.2, 0.25) is 0 Å². The molecule has 0 bridgehead atoms. The number of rotatable bonds is 2. The van der Waals surface area contributed by atoms with E-state index in [9.17, 15) is 10.2 Å².